The summed E-state index contributed by atoms with van der Waals surface area (Å²) in [5, 5.41) is 34.8. The highest BCUT2D eigenvalue weighted by atomic mass is 35.5. The Morgan fingerprint density at radius 1 is 1.05 bits per heavy atom. The quantitative estimate of drug-likeness (QED) is 0.251. The molecule has 0 spiro atoms. The van der Waals surface area contributed by atoms with Crippen LogP contribution in [0.5, 0.6) is 0 Å². The van der Waals surface area contributed by atoms with Crippen molar-refractivity contribution in [2.45, 2.75) is 50.0 Å². The van der Waals surface area contributed by atoms with Crippen molar-refractivity contribution in [1.29, 1.82) is 0 Å². The zero-order chi connectivity index (χ0) is 27.0. The van der Waals surface area contributed by atoms with Gasteiger partial charge in [0.15, 0.2) is 22.7 Å². The highest BCUT2D eigenvalue weighted by Crippen LogP contribution is 2.44. The summed E-state index contributed by atoms with van der Waals surface area (Å²) in [5.74, 6) is 0.492. The number of fused-ring (bicyclic) bond motifs is 1. The van der Waals surface area contributed by atoms with Gasteiger partial charge in [-0.2, -0.15) is 9.97 Å². The van der Waals surface area contributed by atoms with E-state index in [0.717, 1.165) is 16.8 Å². The molecule has 1 fully saturated rings. The molecule has 0 saturated heterocycles. The van der Waals surface area contributed by atoms with E-state index in [4.69, 9.17) is 11.6 Å². The summed E-state index contributed by atoms with van der Waals surface area (Å²) < 4.78 is 3.11. The van der Waals surface area contributed by atoms with Crippen LogP contribution in [0.4, 0.5) is 5.82 Å². The van der Waals surface area contributed by atoms with Crippen LogP contribution in [-0.4, -0.2) is 57.4 Å². The van der Waals surface area contributed by atoms with E-state index in [1.165, 1.54) is 10.9 Å². The van der Waals surface area contributed by atoms with Gasteiger partial charge in [-0.25, -0.2) is 9.67 Å². The number of hydrogen-bond acceptors (Lipinski definition) is 8. The van der Waals surface area contributed by atoms with E-state index < -0.39 is 17.9 Å². The molecule has 3 heterocycles. The smallest absolute Gasteiger partial charge is 0.226 e. The van der Waals surface area contributed by atoms with Gasteiger partial charge in [-0.3, -0.25) is 4.57 Å². The number of aliphatic hydroxyl groups excluding tert-OH is 1. The van der Waals surface area contributed by atoms with Crippen molar-refractivity contribution in [2.75, 3.05) is 11.9 Å². The Hall–Kier alpha value is -3.86. The van der Waals surface area contributed by atoms with Crippen molar-refractivity contribution in [2.24, 2.45) is 0 Å². The number of rotatable bonds is 8. The molecule has 3 aromatic heterocycles. The van der Waals surface area contributed by atoms with Crippen LogP contribution in [0, 0.1) is 0 Å². The Labute approximate surface area is 230 Å². The summed E-state index contributed by atoms with van der Waals surface area (Å²) in [6.45, 7) is 2.51. The molecule has 3 N–H and O–H groups in total. The van der Waals surface area contributed by atoms with Crippen molar-refractivity contribution < 1.29 is 10.2 Å². The van der Waals surface area contributed by atoms with E-state index in [1.807, 2.05) is 43.3 Å². The number of nitrogens with zero attached hydrogens (tertiary/aromatic N) is 7. The van der Waals surface area contributed by atoms with Crippen LogP contribution >= 0.6 is 11.6 Å². The van der Waals surface area contributed by atoms with Gasteiger partial charge in [0.25, 0.3) is 0 Å². The molecule has 1 aliphatic carbocycles. The van der Waals surface area contributed by atoms with E-state index in [1.54, 1.807) is 10.9 Å². The van der Waals surface area contributed by atoms with Crippen LogP contribution in [0.25, 0.3) is 11.2 Å². The second kappa shape index (κ2) is 10.4. The Morgan fingerprint density at radius 2 is 1.74 bits per heavy atom. The number of nitrogens with one attached hydrogen (secondary N) is 1. The Kier molecular flexibility index (Phi) is 6.76. The lowest BCUT2D eigenvalue weighted by Gasteiger charge is -2.34. The molecule has 10 nitrogen and oxygen atoms in total. The van der Waals surface area contributed by atoms with Crippen LogP contribution in [0.3, 0.4) is 0 Å². The molecule has 0 aliphatic heterocycles. The van der Waals surface area contributed by atoms with E-state index >= 15 is 0 Å². The van der Waals surface area contributed by atoms with E-state index in [0.29, 0.717) is 42.8 Å². The average Bonchev–Trinajstić information content (AvgIpc) is 3.68. The number of hydrogen-bond donors (Lipinski definition) is 3. The second-order valence-corrected chi connectivity index (χ2v) is 10.2. The maximum Gasteiger partial charge on any atom is 0.226 e. The van der Waals surface area contributed by atoms with Crippen LogP contribution in [0.15, 0.2) is 73.2 Å². The van der Waals surface area contributed by atoms with Crippen LogP contribution in [0.2, 0.25) is 5.28 Å². The molecule has 3 atom stereocenters. The summed E-state index contributed by atoms with van der Waals surface area (Å²) in [7, 11) is 0. The monoisotopic (exact) mass is 544 g/mol. The normalized spacial score (nSPS) is 21.2. The highest BCUT2D eigenvalue weighted by Gasteiger charge is 2.53. The zero-order valence-electron chi connectivity index (χ0n) is 21.4. The summed E-state index contributed by atoms with van der Waals surface area (Å²) in [6.07, 6.45) is 3.80. The van der Waals surface area contributed by atoms with Crippen LogP contribution < -0.4 is 5.32 Å². The third-order valence-electron chi connectivity index (χ3n) is 7.57. The second-order valence-electron chi connectivity index (χ2n) is 9.82. The number of benzene rings is 2. The predicted octanol–water partition coefficient (Wildman–Crippen LogP) is 3.92. The number of aliphatic hydroxyl groups is 2. The molecule has 0 radical (unpaired) electrons. The van der Waals surface area contributed by atoms with Gasteiger partial charge in [-0.05, 0) is 42.0 Å². The minimum Gasteiger partial charge on any atom is -0.388 e. The molecule has 1 aliphatic rings. The number of aryl methyl sites for hydroxylation is 1. The molecule has 2 aromatic carbocycles. The summed E-state index contributed by atoms with van der Waals surface area (Å²) in [5.41, 5.74) is 2.12. The molecule has 1 saturated carbocycles. The van der Waals surface area contributed by atoms with Gasteiger partial charge in [-0.1, -0.05) is 72.8 Å². The molecular weight excluding hydrogens is 516 g/mol. The fourth-order valence-corrected chi connectivity index (χ4v) is 5.66. The molecule has 6 rings (SSSR count). The minimum absolute atomic E-state index is 0.00406. The lowest BCUT2D eigenvalue weighted by Crippen LogP contribution is -2.46. The van der Waals surface area contributed by atoms with Crippen molar-refractivity contribution >= 4 is 28.6 Å². The molecule has 0 bridgehead atoms. The summed E-state index contributed by atoms with van der Waals surface area (Å²) >= 11 is 6.39. The van der Waals surface area contributed by atoms with Crippen molar-refractivity contribution in [1.82, 2.24) is 34.5 Å². The molecule has 3 unspecified atom stereocenters. The van der Waals surface area contributed by atoms with E-state index in [-0.39, 0.29) is 11.2 Å². The van der Waals surface area contributed by atoms with Gasteiger partial charge in [0.1, 0.15) is 12.1 Å². The maximum atomic E-state index is 12.0. The van der Waals surface area contributed by atoms with Crippen molar-refractivity contribution in [3.8, 4) is 0 Å². The van der Waals surface area contributed by atoms with E-state index in [9.17, 15) is 10.2 Å². The Balaban J connectivity index is 1.37. The first-order valence-electron chi connectivity index (χ1n) is 13.0. The molecular formula is C28H29ClN8O2. The van der Waals surface area contributed by atoms with Gasteiger partial charge >= 0.3 is 0 Å². The van der Waals surface area contributed by atoms with E-state index in [2.05, 4.69) is 54.8 Å². The maximum absolute atomic E-state index is 12.0. The predicted molar refractivity (Wildman–Crippen MR) is 147 cm³/mol. The topological polar surface area (TPSA) is 127 Å². The zero-order valence-corrected chi connectivity index (χ0v) is 22.1. The Bertz CT molecular complexity index is 1540. The number of imidazole rings is 1. The van der Waals surface area contributed by atoms with Crippen LogP contribution in [-0.2, 0) is 12.1 Å². The number of halogens is 1. The van der Waals surface area contributed by atoms with Gasteiger partial charge in [0.2, 0.25) is 5.28 Å². The van der Waals surface area contributed by atoms with Gasteiger partial charge < -0.3 is 15.5 Å². The lowest BCUT2D eigenvalue weighted by atomic mass is 9.91. The van der Waals surface area contributed by atoms with Gasteiger partial charge in [-0.15, -0.1) is 5.10 Å². The molecule has 11 heteroatoms. The van der Waals surface area contributed by atoms with Gasteiger partial charge in [0.05, 0.1) is 12.0 Å². The molecule has 0 amide bonds. The van der Waals surface area contributed by atoms with Crippen LogP contribution in [0.1, 0.15) is 48.5 Å². The third kappa shape index (κ3) is 4.54. The lowest BCUT2D eigenvalue weighted by molar-refractivity contribution is -0.139. The number of aromatic nitrogens is 7. The third-order valence-corrected chi connectivity index (χ3v) is 7.73. The standard InChI is InChI=1S/C28H29ClN8O2/c1-2-20-16-37(35-34-20)22-13-14-23(38)28(22,39)36-17-31-24-25(32-27(29)33-26(24)36)30-15-21(18-9-5-3-6-10-18)19-11-7-4-8-12-19/h3-12,16-17,21-23,38-39H,2,13-15H2,1H3,(H,30,32,33). The SMILES string of the molecule is CCc1cn(C2CCC(O)C2(O)n2cnc3c(NCC(c4ccccc4)c4ccccc4)nc(Cl)nc32)nn1. The van der Waals surface area contributed by atoms with Crippen molar-refractivity contribution in [3.63, 3.8) is 0 Å². The summed E-state index contributed by atoms with van der Waals surface area (Å²) in [6, 6.07) is 19.9. The van der Waals surface area contributed by atoms with Gasteiger partial charge in [0, 0.05) is 18.7 Å². The first kappa shape index (κ1) is 25.4. The fourth-order valence-electron chi connectivity index (χ4n) is 5.49. The first-order valence-corrected chi connectivity index (χ1v) is 13.4. The molecule has 200 valence electrons. The largest absolute Gasteiger partial charge is 0.388 e. The fraction of sp³-hybridized carbons (Fsp3) is 0.321. The van der Waals surface area contributed by atoms with Crippen molar-refractivity contribution in [3.05, 3.63) is 95.3 Å². The average molecular weight is 545 g/mol. The Morgan fingerprint density at radius 3 is 2.38 bits per heavy atom. The minimum atomic E-state index is -1.75. The molecule has 5 aromatic rings. The first-order chi connectivity index (χ1) is 19.0. The summed E-state index contributed by atoms with van der Waals surface area (Å²) in [4.78, 5) is 13.4. The molecule has 39 heavy (non-hydrogen) atoms. The number of anilines is 1. The highest BCUT2D eigenvalue weighted by molar-refractivity contribution is 6.28.